The zero-order chi connectivity index (χ0) is 21.8. The first-order valence-electron chi connectivity index (χ1n) is 11.0. The van der Waals surface area contributed by atoms with E-state index in [0.717, 1.165) is 60.7 Å². The third-order valence-corrected chi connectivity index (χ3v) is 6.23. The fourth-order valence-corrected chi connectivity index (χ4v) is 4.56. The van der Waals surface area contributed by atoms with Crippen molar-refractivity contribution in [3.05, 3.63) is 109 Å². The molecule has 0 saturated carbocycles. The molecular weight excluding hydrogens is 404 g/mol. The standard InChI is InChI=1S/C29H18N4/c1-3-8-24-21(6-1)16-22(18-30-24)20-13-12-19-14-15-26(31-27(19)17-20)29-11-5-10-28-23-7-2-4-9-25(23)32-33(28)29/h1-18H. The Hall–Kier alpha value is -4.57. The lowest BCUT2D eigenvalue weighted by Gasteiger charge is -2.08. The van der Waals surface area contributed by atoms with Crippen LogP contribution in [0.5, 0.6) is 0 Å². The summed E-state index contributed by atoms with van der Waals surface area (Å²) in [6.45, 7) is 0. The van der Waals surface area contributed by atoms with Crippen molar-refractivity contribution in [3.8, 4) is 22.5 Å². The number of fused-ring (bicyclic) bond motifs is 5. The molecular formula is C29H18N4. The summed E-state index contributed by atoms with van der Waals surface area (Å²) in [6, 6.07) is 35.4. The van der Waals surface area contributed by atoms with E-state index in [9.17, 15) is 0 Å². The highest BCUT2D eigenvalue weighted by molar-refractivity contribution is 5.95. The molecule has 0 saturated heterocycles. The van der Waals surface area contributed by atoms with Gasteiger partial charge in [0.2, 0.25) is 0 Å². The summed E-state index contributed by atoms with van der Waals surface area (Å²) in [7, 11) is 0. The normalized spacial score (nSPS) is 11.6. The molecule has 3 aromatic carbocycles. The van der Waals surface area contributed by atoms with E-state index >= 15 is 0 Å². The Kier molecular flexibility index (Phi) is 3.81. The fraction of sp³-hybridized carbons (Fsp3) is 0. The molecule has 0 spiro atoms. The lowest BCUT2D eigenvalue weighted by atomic mass is 10.0. The second-order valence-electron chi connectivity index (χ2n) is 8.25. The van der Waals surface area contributed by atoms with Gasteiger partial charge < -0.3 is 0 Å². The molecule has 0 N–H and O–H groups in total. The molecule has 0 fully saturated rings. The van der Waals surface area contributed by atoms with Crippen LogP contribution in [0.25, 0.3) is 60.7 Å². The lowest BCUT2D eigenvalue weighted by molar-refractivity contribution is 0.984. The maximum Gasteiger partial charge on any atom is 0.0934 e. The van der Waals surface area contributed by atoms with Crippen LogP contribution in [-0.4, -0.2) is 19.6 Å². The summed E-state index contributed by atoms with van der Waals surface area (Å²) in [5.74, 6) is 0. The molecule has 7 rings (SSSR count). The number of pyridine rings is 3. The number of rotatable bonds is 2. The SMILES string of the molecule is c1ccc2ncc(-c3ccc4ccc(-c5cccc6c7ccccc7nn56)nc4c3)cc2c1. The van der Waals surface area contributed by atoms with Crippen molar-refractivity contribution >= 4 is 38.2 Å². The van der Waals surface area contributed by atoms with Gasteiger partial charge in [-0.2, -0.15) is 5.10 Å². The van der Waals surface area contributed by atoms with Crippen molar-refractivity contribution in [2.24, 2.45) is 0 Å². The van der Waals surface area contributed by atoms with Crippen LogP contribution in [0.4, 0.5) is 0 Å². The first kappa shape index (κ1) is 18.0. The molecule has 0 atom stereocenters. The van der Waals surface area contributed by atoms with Crippen molar-refractivity contribution in [1.29, 1.82) is 0 Å². The van der Waals surface area contributed by atoms with Gasteiger partial charge in [-0.25, -0.2) is 9.50 Å². The Morgan fingerprint density at radius 3 is 2.39 bits per heavy atom. The zero-order valence-electron chi connectivity index (χ0n) is 17.7. The number of benzene rings is 3. The van der Waals surface area contributed by atoms with Gasteiger partial charge >= 0.3 is 0 Å². The van der Waals surface area contributed by atoms with E-state index in [0.29, 0.717) is 0 Å². The van der Waals surface area contributed by atoms with E-state index in [1.165, 1.54) is 0 Å². The van der Waals surface area contributed by atoms with E-state index in [1.807, 2.05) is 47.1 Å². The third-order valence-electron chi connectivity index (χ3n) is 6.23. The van der Waals surface area contributed by atoms with E-state index in [-0.39, 0.29) is 0 Å². The molecule has 4 heteroatoms. The van der Waals surface area contributed by atoms with Crippen molar-refractivity contribution in [3.63, 3.8) is 0 Å². The Labute approximate surface area is 189 Å². The molecule has 0 unspecified atom stereocenters. The summed E-state index contributed by atoms with van der Waals surface area (Å²) >= 11 is 0. The molecule has 0 aliphatic carbocycles. The minimum atomic E-state index is 0.898. The molecule has 7 aromatic rings. The summed E-state index contributed by atoms with van der Waals surface area (Å²) in [5, 5.41) is 8.22. The third kappa shape index (κ3) is 2.88. The average Bonchev–Trinajstić information content (AvgIpc) is 3.27. The summed E-state index contributed by atoms with van der Waals surface area (Å²) < 4.78 is 2.00. The highest BCUT2D eigenvalue weighted by atomic mass is 15.2. The predicted molar refractivity (Wildman–Crippen MR) is 134 cm³/mol. The quantitative estimate of drug-likeness (QED) is 0.304. The molecule has 154 valence electrons. The molecule has 4 heterocycles. The smallest absolute Gasteiger partial charge is 0.0934 e. The van der Waals surface area contributed by atoms with E-state index < -0.39 is 0 Å². The molecule has 4 aromatic heterocycles. The van der Waals surface area contributed by atoms with E-state index in [1.54, 1.807) is 0 Å². The number of nitrogens with zero attached hydrogens (tertiary/aromatic N) is 4. The summed E-state index contributed by atoms with van der Waals surface area (Å²) in [6.07, 6.45) is 1.93. The first-order valence-corrected chi connectivity index (χ1v) is 11.0. The minimum Gasteiger partial charge on any atom is -0.256 e. The van der Waals surface area contributed by atoms with Crippen molar-refractivity contribution in [1.82, 2.24) is 19.6 Å². The maximum atomic E-state index is 5.03. The van der Waals surface area contributed by atoms with Crippen molar-refractivity contribution in [2.75, 3.05) is 0 Å². The van der Waals surface area contributed by atoms with Crippen LogP contribution in [0.1, 0.15) is 0 Å². The predicted octanol–water partition coefficient (Wildman–Crippen LogP) is 6.92. The minimum absolute atomic E-state index is 0.898. The highest BCUT2D eigenvalue weighted by Crippen LogP contribution is 2.29. The first-order chi connectivity index (χ1) is 16.3. The average molecular weight is 422 g/mol. The maximum absolute atomic E-state index is 5.03. The van der Waals surface area contributed by atoms with Crippen LogP contribution in [-0.2, 0) is 0 Å². The molecule has 33 heavy (non-hydrogen) atoms. The highest BCUT2D eigenvalue weighted by Gasteiger charge is 2.11. The Bertz CT molecular complexity index is 1830. The van der Waals surface area contributed by atoms with E-state index in [2.05, 4.69) is 71.7 Å². The van der Waals surface area contributed by atoms with Gasteiger partial charge in [0.1, 0.15) is 0 Å². The van der Waals surface area contributed by atoms with Gasteiger partial charge in [-0.15, -0.1) is 0 Å². The van der Waals surface area contributed by atoms with Gasteiger partial charge in [0.15, 0.2) is 0 Å². The lowest BCUT2D eigenvalue weighted by Crippen LogP contribution is -1.95. The number of para-hydroxylation sites is 1. The van der Waals surface area contributed by atoms with Crippen molar-refractivity contribution < 1.29 is 0 Å². The molecule has 0 aliphatic heterocycles. The number of hydrogen-bond donors (Lipinski definition) is 0. The van der Waals surface area contributed by atoms with Crippen LogP contribution in [0.2, 0.25) is 0 Å². The van der Waals surface area contributed by atoms with Crippen molar-refractivity contribution in [2.45, 2.75) is 0 Å². The van der Waals surface area contributed by atoms with Crippen LogP contribution < -0.4 is 0 Å². The van der Waals surface area contributed by atoms with Gasteiger partial charge in [-0.05, 0) is 48.0 Å². The van der Waals surface area contributed by atoms with Crippen LogP contribution in [0.3, 0.4) is 0 Å². The summed E-state index contributed by atoms with van der Waals surface area (Å²) in [4.78, 5) is 9.66. The Morgan fingerprint density at radius 2 is 1.42 bits per heavy atom. The topological polar surface area (TPSA) is 43.1 Å². The van der Waals surface area contributed by atoms with Gasteiger partial charge in [0.25, 0.3) is 0 Å². The molecule has 0 bridgehead atoms. The monoisotopic (exact) mass is 422 g/mol. The second-order valence-corrected chi connectivity index (χ2v) is 8.25. The largest absolute Gasteiger partial charge is 0.256 e. The van der Waals surface area contributed by atoms with Gasteiger partial charge in [-0.1, -0.05) is 60.7 Å². The number of hydrogen-bond acceptors (Lipinski definition) is 3. The van der Waals surface area contributed by atoms with Gasteiger partial charge in [0.05, 0.1) is 33.5 Å². The van der Waals surface area contributed by atoms with Gasteiger partial charge in [0, 0.05) is 27.9 Å². The van der Waals surface area contributed by atoms with Crippen LogP contribution in [0, 0.1) is 0 Å². The molecule has 0 amide bonds. The Morgan fingerprint density at radius 1 is 0.576 bits per heavy atom. The Balaban J connectivity index is 1.39. The zero-order valence-corrected chi connectivity index (χ0v) is 17.7. The second kappa shape index (κ2) is 6.97. The molecule has 0 radical (unpaired) electrons. The van der Waals surface area contributed by atoms with Crippen LogP contribution in [0.15, 0.2) is 109 Å². The summed E-state index contributed by atoms with van der Waals surface area (Å²) in [5.41, 5.74) is 8.08. The van der Waals surface area contributed by atoms with Gasteiger partial charge in [-0.3, -0.25) is 4.98 Å². The number of aromatic nitrogens is 4. The molecule has 4 nitrogen and oxygen atoms in total. The van der Waals surface area contributed by atoms with Crippen LogP contribution >= 0.6 is 0 Å². The molecule has 0 aliphatic rings. The fourth-order valence-electron chi connectivity index (χ4n) is 4.56. The van der Waals surface area contributed by atoms with E-state index in [4.69, 9.17) is 10.1 Å².